The molecule has 0 unspecified atom stereocenters. The highest BCUT2D eigenvalue weighted by molar-refractivity contribution is 6.37. The van der Waals surface area contributed by atoms with Crippen LogP contribution in [0.5, 0.6) is 0 Å². The van der Waals surface area contributed by atoms with E-state index in [1.807, 2.05) is 0 Å². The van der Waals surface area contributed by atoms with Crippen LogP contribution in [0.3, 0.4) is 0 Å². The summed E-state index contributed by atoms with van der Waals surface area (Å²) < 4.78 is 10.0. The standard InChI is InChI=1S/C60H56N6/c1-31-17-14-18-32(2)46(31)38-21-16-22-44-50(38)61-56-63-42-25-23-36(59(8,9)10)28-40(42)49-52(63)54(65(44)56)48-39-27-35(58(5,6)7)24-26-43(39)64-53(48)55(49)66-45-30-37(60(11,12)13)29-41(51(45)62-57(64)66)47-33(3)19-15-20-34(47)4/h14-30H,1-13H3. The molecule has 326 valence electrons. The molecule has 0 aliphatic carbocycles. The van der Waals surface area contributed by atoms with Crippen LogP contribution in [-0.4, -0.2) is 27.6 Å². The number of fused-ring (bicyclic) bond motifs is 18. The second kappa shape index (κ2) is 12.5. The minimum atomic E-state index is -0.102. The van der Waals surface area contributed by atoms with Gasteiger partial charge >= 0.3 is 0 Å². The van der Waals surface area contributed by atoms with Gasteiger partial charge in [0.15, 0.2) is 0 Å². The summed E-state index contributed by atoms with van der Waals surface area (Å²) in [4.78, 5) is 11.6. The van der Waals surface area contributed by atoms with Gasteiger partial charge in [0.1, 0.15) is 0 Å². The molecule has 0 saturated heterocycles. The Morgan fingerprint density at radius 1 is 0.364 bits per heavy atom. The van der Waals surface area contributed by atoms with Crippen molar-refractivity contribution in [3.05, 3.63) is 142 Å². The summed E-state index contributed by atoms with van der Waals surface area (Å²) in [6, 6.07) is 39.3. The molecule has 0 bridgehead atoms. The van der Waals surface area contributed by atoms with Crippen LogP contribution in [0, 0.1) is 27.7 Å². The lowest BCUT2D eigenvalue weighted by Gasteiger charge is -2.21. The summed E-state index contributed by atoms with van der Waals surface area (Å²) in [7, 11) is 0. The number of aromatic nitrogens is 6. The number of nitrogens with zero attached hydrogens (tertiary/aromatic N) is 6. The van der Waals surface area contributed by atoms with E-state index in [2.05, 4.69) is 211 Å². The van der Waals surface area contributed by atoms with Gasteiger partial charge in [0.25, 0.3) is 0 Å². The van der Waals surface area contributed by atoms with Crippen LogP contribution < -0.4 is 0 Å². The molecule has 6 aromatic heterocycles. The van der Waals surface area contributed by atoms with E-state index in [-0.39, 0.29) is 16.2 Å². The van der Waals surface area contributed by atoms with Crippen LogP contribution in [0.25, 0.3) is 111 Å². The van der Waals surface area contributed by atoms with E-state index >= 15 is 0 Å². The molecule has 0 aliphatic heterocycles. The van der Waals surface area contributed by atoms with Gasteiger partial charge in [0.2, 0.25) is 11.6 Å². The Hall–Kier alpha value is -6.92. The molecule has 0 spiro atoms. The highest BCUT2D eigenvalue weighted by atomic mass is 15.2. The first kappa shape index (κ1) is 39.4. The van der Waals surface area contributed by atoms with Crippen LogP contribution in [0.1, 0.15) is 101 Å². The SMILES string of the molecule is Cc1cccc(C)c1-c1cccc2c1nc1n2c2c3c4cc(C(C)(C)C)ccc4n4c3c(c3c5cc(C(C)(C)C)ccc5n1c32)n1c2cc(C(C)(C)C)cc(-c3c(C)cccc3C)c2nc14. The largest absolute Gasteiger partial charge is 0.277 e. The zero-order chi connectivity index (χ0) is 45.8. The van der Waals surface area contributed by atoms with Gasteiger partial charge in [0, 0.05) is 32.7 Å². The number of para-hydroxylation sites is 1. The van der Waals surface area contributed by atoms with Crippen molar-refractivity contribution < 1.29 is 0 Å². The minimum absolute atomic E-state index is 0.0533. The van der Waals surface area contributed by atoms with Crippen molar-refractivity contribution in [1.82, 2.24) is 27.6 Å². The zero-order valence-electron chi connectivity index (χ0n) is 40.5. The molecule has 6 heterocycles. The van der Waals surface area contributed by atoms with Crippen molar-refractivity contribution in [1.29, 1.82) is 0 Å². The molecule has 0 fully saturated rings. The van der Waals surface area contributed by atoms with Crippen LogP contribution in [0.4, 0.5) is 0 Å². The number of aryl methyl sites for hydroxylation is 4. The smallest absolute Gasteiger partial charge is 0.220 e. The number of hydrogen-bond donors (Lipinski definition) is 0. The normalized spacial score (nSPS) is 13.5. The number of imidazole rings is 4. The second-order valence-electron chi connectivity index (χ2n) is 22.6. The lowest BCUT2D eigenvalue weighted by molar-refractivity contribution is 0.591. The van der Waals surface area contributed by atoms with Crippen molar-refractivity contribution in [3.8, 4) is 22.3 Å². The Bertz CT molecular complexity index is 4210. The third-order valence-corrected chi connectivity index (χ3v) is 15.2. The van der Waals surface area contributed by atoms with E-state index in [4.69, 9.17) is 9.97 Å². The molecule has 6 heteroatoms. The van der Waals surface area contributed by atoms with Crippen molar-refractivity contribution in [2.75, 3.05) is 0 Å². The molecule has 6 nitrogen and oxygen atoms in total. The third-order valence-electron chi connectivity index (χ3n) is 15.2. The minimum Gasteiger partial charge on any atom is -0.277 e. The summed E-state index contributed by atoms with van der Waals surface area (Å²) in [6.45, 7) is 29.9. The Labute approximate surface area is 384 Å². The molecule has 13 rings (SSSR count). The number of rotatable bonds is 2. The molecule has 0 saturated carbocycles. The lowest BCUT2D eigenvalue weighted by atomic mass is 9.83. The predicted octanol–water partition coefficient (Wildman–Crippen LogP) is 15.7. The van der Waals surface area contributed by atoms with Gasteiger partial charge in [-0.1, -0.05) is 123 Å². The molecule has 0 N–H and O–H groups in total. The summed E-state index contributed by atoms with van der Waals surface area (Å²) in [5, 5.41) is 4.98. The molecule has 0 amide bonds. The lowest BCUT2D eigenvalue weighted by Crippen LogP contribution is -2.11. The van der Waals surface area contributed by atoms with Gasteiger partial charge in [-0.25, -0.2) is 9.97 Å². The fourth-order valence-corrected chi connectivity index (χ4v) is 11.8. The van der Waals surface area contributed by atoms with E-state index in [1.165, 1.54) is 116 Å². The maximum atomic E-state index is 5.85. The summed E-state index contributed by atoms with van der Waals surface area (Å²) in [6.07, 6.45) is 0. The van der Waals surface area contributed by atoms with E-state index in [0.29, 0.717) is 0 Å². The van der Waals surface area contributed by atoms with Crippen LogP contribution in [0.2, 0.25) is 0 Å². The van der Waals surface area contributed by atoms with Gasteiger partial charge in [-0.15, -0.1) is 0 Å². The van der Waals surface area contributed by atoms with Crippen molar-refractivity contribution >= 4 is 88.3 Å². The fraction of sp³-hybridized carbons (Fsp3) is 0.267. The highest BCUT2D eigenvalue weighted by Gasteiger charge is 2.34. The average molecular weight is 861 g/mol. The average Bonchev–Trinajstić information content (AvgIpc) is 4.07. The van der Waals surface area contributed by atoms with Crippen LogP contribution in [0.15, 0.2) is 103 Å². The molecule has 0 radical (unpaired) electrons. The summed E-state index contributed by atoms with van der Waals surface area (Å²) in [5.41, 5.74) is 25.1. The quantitative estimate of drug-likeness (QED) is 0.174. The van der Waals surface area contributed by atoms with Crippen molar-refractivity contribution in [3.63, 3.8) is 0 Å². The first-order valence-electron chi connectivity index (χ1n) is 23.7. The van der Waals surface area contributed by atoms with Gasteiger partial charge in [0.05, 0.1) is 55.2 Å². The van der Waals surface area contributed by atoms with E-state index in [0.717, 1.165) is 33.6 Å². The van der Waals surface area contributed by atoms with Gasteiger partial charge in [-0.3, -0.25) is 17.6 Å². The van der Waals surface area contributed by atoms with E-state index in [1.54, 1.807) is 0 Å². The molecular formula is C60H56N6. The maximum Gasteiger partial charge on any atom is 0.220 e. The molecule has 13 aromatic rings. The molecule has 7 aromatic carbocycles. The molecule has 0 atom stereocenters. The molecule has 66 heavy (non-hydrogen) atoms. The van der Waals surface area contributed by atoms with Gasteiger partial charge in [-0.05, 0) is 136 Å². The van der Waals surface area contributed by atoms with Crippen LogP contribution in [-0.2, 0) is 16.2 Å². The number of benzene rings is 7. The van der Waals surface area contributed by atoms with Gasteiger partial charge < -0.3 is 0 Å². The highest BCUT2D eigenvalue weighted by Crippen LogP contribution is 2.51. The number of hydrogen-bond acceptors (Lipinski definition) is 2. The third kappa shape index (κ3) is 4.92. The Kier molecular flexibility index (Phi) is 7.47. The van der Waals surface area contributed by atoms with Gasteiger partial charge in [-0.2, -0.15) is 0 Å². The Morgan fingerprint density at radius 3 is 1.21 bits per heavy atom. The molecule has 0 aliphatic rings. The zero-order valence-corrected chi connectivity index (χ0v) is 40.5. The van der Waals surface area contributed by atoms with E-state index < -0.39 is 0 Å². The maximum absolute atomic E-state index is 5.85. The van der Waals surface area contributed by atoms with Crippen LogP contribution >= 0.6 is 0 Å². The fourth-order valence-electron chi connectivity index (χ4n) is 11.8. The molecular weight excluding hydrogens is 805 g/mol. The van der Waals surface area contributed by atoms with E-state index in [9.17, 15) is 0 Å². The van der Waals surface area contributed by atoms with Crippen molar-refractivity contribution in [2.45, 2.75) is 106 Å². The first-order chi connectivity index (χ1) is 31.3. The first-order valence-corrected chi connectivity index (χ1v) is 23.7. The summed E-state index contributed by atoms with van der Waals surface area (Å²) in [5.74, 6) is 1.89. The summed E-state index contributed by atoms with van der Waals surface area (Å²) >= 11 is 0. The monoisotopic (exact) mass is 860 g/mol. The van der Waals surface area contributed by atoms with Crippen molar-refractivity contribution in [2.24, 2.45) is 0 Å². The Balaban J connectivity index is 1.34. The Morgan fingerprint density at radius 2 is 0.758 bits per heavy atom. The topological polar surface area (TPSA) is 43.4 Å². The second-order valence-corrected chi connectivity index (χ2v) is 22.6. The predicted molar refractivity (Wildman–Crippen MR) is 279 cm³/mol.